The lowest BCUT2D eigenvalue weighted by Crippen LogP contribution is -2.20. The van der Waals surface area contributed by atoms with Gasteiger partial charge in [-0.25, -0.2) is 0 Å². The van der Waals surface area contributed by atoms with Crippen molar-refractivity contribution >= 4 is 22.6 Å². The molecule has 1 amide bonds. The number of rotatable bonds is 3. The van der Waals surface area contributed by atoms with E-state index in [2.05, 4.69) is 5.32 Å². The monoisotopic (exact) mass is 294 g/mol. The van der Waals surface area contributed by atoms with Crippen LogP contribution in [0.2, 0.25) is 0 Å². The highest BCUT2D eigenvalue weighted by Crippen LogP contribution is 2.24. The van der Waals surface area contributed by atoms with Crippen LogP contribution in [0.5, 0.6) is 5.75 Å². The van der Waals surface area contributed by atoms with Gasteiger partial charge in [0.2, 0.25) is 5.55 Å². The zero-order chi connectivity index (χ0) is 15.5. The number of anilines is 1. The normalized spacial score (nSPS) is 10.4. The van der Waals surface area contributed by atoms with Crippen LogP contribution < -0.4 is 15.6 Å². The Morgan fingerprint density at radius 2 is 1.91 bits per heavy atom. The molecule has 0 atom stereocenters. The summed E-state index contributed by atoms with van der Waals surface area (Å²) in [6.07, 6.45) is 0. The number of carbonyl (C=O) groups is 1. The van der Waals surface area contributed by atoms with E-state index in [1.807, 2.05) is 18.2 Å². The first-order valence-corrected chi connectivity index (χ1v) is 6.71. The van der Waals surface area contributed by atoms with Crippen LogP contribution in [0.3, 0.4) is 0 Å². The molecule has 0 saturated carbocycles. The van der Waals surface area contributed by atoms with E-state index in [1.54, 1.807) is 36.4 Å². The Kier molecular flexibility index (Phi) is 3.62. The zero-order valence-corrected chi connectivity index (χ0v) is 11.9. The third-order valence-electron chi connectivity index (χ3n) is 3.25. The van der Waals surface area contributed by atoms with Crippen LogP contribution in [-0.2, 0) is 0 Å². The predicted octanol–water partition coefficient (Wildman–Crippen LogP) is 3.17. The van der Waals surface area contributed by atoms with Crippen molar-refractivity contribution in [1.82, 2.24) is 0 Å². The largest absolute Gasteiger partial charge is 0.493 e. The van der Waals surface area contributed by atoms with E-state index in [1.165, 1.54) is 7.11 Å². The summed E-state index contributed by atoms with van der Waals surface area (Å²) in [7, 11) is 1.53. The Labute approximate surface area is 126 Å². The van der Waals surface area contributed by atoms with E-state index in [4.69, 9.17) is 14.6 Å². The van der Waals surface area contributed by atoms with Crippen LogP contribution in [-0.4, -0.2) is 13.0 Å². The highest BCUT2D eigenvalue weighted by Gasteiger charge is 2.13. The first-order chi connectivity index (χ1) is 10.7. The lowest BCUT2D eigenvalue weighted by Gasteiger charge is -2.07. The maximum atomic E-state index is 12.3. The van der Waals surface area contributed by atoms with E-state index in [9.17, 15) is 4.79 Å². The smallest absolute Gasteiger partial charge is 0.261 e. The third-order valence-corrected chi connectivity index (χ3v) is 3.25. The van der Waals surface area contributed by atoms with E-state index in [0.717, 1.165) is 0 Å². The Hall–Kier alpha value is -3.08. The molecule has 0 saturated heterocycles. The molecule has 0 unspecified atom stereocenters. The first kappa shape index (κ1) is 13.9. The molecule has 3 aromatic rings. The summed E-state index contributed by atoms with van der Waals surface area (Å²) in [5.41, 5.74) is 1.08. The second-order valence-corrected chi connectivity index (χ2v) is 4.69. The molecule has 0 aliphatic carbocycles. The number of hydrogen-bond acceptors (Lipinski definition) is 4. The van der Waals surface area contributed by atoms with Gasteiger partial charge in [-0.1, -0.05) is 30.3 Å². The highest BCUT2D eigenvalue weighted by molar-refractivity contribution is 6.05. The zero-order valence-electron chi connectivity index (χ0n) is 11.9. The fourth-order valence-corrected chi connectivity index (χ4v) is 2.18. The van der Waals surface area contributed by atoms with E-state index < -0.39 is 0 Å². The van der Waals surface area contributed by atoms with Crippen LogP contribution in [0.4, 0.5) is 5.69 Å². The molecule has 3 rings (SSSR count). The number of methoxy groups -OCH3 is 1. The highest BCUT2D eigenvalue weighted by atomic mass is 16.5. The van der Waals surface area contributed by atoms with Crippen molar-refractivity contribution in [3.8, 4) is 5.75 Å². The van der Waals surface area contributed by atoms with Gasteiger partial charge in [-0.2, -0.15) is 0 Å². The number of hydrogen-bond donors (Lipinski definition) is 2. The predicted molar refractivity (Wildman–Crippen MR) is 83.0 cm³/mol. The average molecular weight is 294 g/mol. The summed E-state index contributed by atoms with van der Waals surface area (Å²) in [4.78, 5) is 12.3. The molecule has 1 heterocycles. The second kappa shape index (κ2) is 5.73. The van der Waals surface area contributed by atoms with Crippen LogP contribution in [0.25, 0.3) is 11.0 Å². The molecular weight excluding hydrogens is 280 g/mol. The quantitative estimate of drug-likeness (QED) is 0.779. The summed E-state index contributed by atoms with van der Waals surface area (Å²) in [5, 5.41) is 11.4. The number of amides is 1. The SMILES string of the molecule is COc1cccc2cc(C(=O)Nc3ccccc3)c(=N)oc12. The number of ether oxygens (including phenoxy) is 1. The number of benzene rings is 2. The van der Waals surface area contributed by atoms with E-state index in [-0.39, 0.29) is 17.0 Å². The average Bonchev–Trinajstić information content (AvgIpc) is 2.54. The molecule has 0 aliphatic rings. The van der Waals surface area contributed by atoms with Gasteiger partial charge >= 0.3 is 0 Å². The Bertz CT molecular complexity index is 885. The first-order valence-electron chi connectivity index (χ1n) is 6.71. The number of carbonyl (C=O) groups excluding carboxylic acids is 1. The summed E-state index contributed by atoms with van der Waals surface area (Å²) in [6.45, 7) is 0. The Morgan fingerprint density at radius 1 is 1.14 bits per heavy atom. The van der Waals surface area contributed by atoms with Gasteiger partial charge in [0.15, 0.2) is 11.3 Å². The molecule has 1 aromatic heterocycles. The van der Waals surface area contributed by atoms with Gasteiger partial charge < -0.3 is 14.5 Å². The molecule has 110 valence electrons. The standard InChI is InChI=1S/C17H14N2O3/c1-21-14-9-5-6-11-10-13(16(18)22-15(11)14)17(20)19-12-7-3-2-4-8-12/h2-10,18H,1H3,(H,19,20). The molecule has 5 nitrogen and oxygen atoms in total. The molecule has 0 spiro atoms. The van der Waals surface area contributed by atoms with Crippen molar-refractivity contribution < 1.29 is 13.9 Å². The number of fused-ring (bicyclic) bond motifs is 1. The Morgan fingerprint density at radius 3 is 2.64 bits per heavy atom. The fraction of sp³-hybridized carbons (Fsp3) is 0.0588. The maximum Gasteiger partial charge on any atom is 0.261 e. The van der Waals surface area contributed by atoms with Crippen LogP contribution in [0, 0.1) is 5.41 Å². The van der Waals surface area contributed by atoms with Crippen molar-refractivity contribution in [3.05, 3.63) is 65.7 Å². The topological polar surface area (TPSA) is 75.3 Å². The summed E-state index contributed by atoms with van der Waals surface area (Å²) in [6, 6.07) is 16.1. The van der Waals surface area contributed by atoms with Crippen molar-refractivity contribution in [3.63, 3.8) is 0 Å². The minimum atomic E-state index is -0.385. The van der Waals surface area contributed by atoms with Gasteiger partial charge in [0.05, 0.1) is 7.11 Å². The van der Waals surface area contributed by atoms with Crippen LogP contribution >= 0.6 is 0 Å². The van der Waals surface area contributed by atoms with Gasteiger partial charge in [0.25, 0.3) is 5.91 Å². The van der Waals surface area contributed by atoms with Gasteiger partial charge in [-0.05, 0) is 24.3 Å². The maximum absolute atomic E-state index is 12.3. The van der Waals surface area contributed by atoms with Gasteiger partial charge in [-0.15, -0.1) is 0 Å². The molecule has 5 heteroatoms. The summed E-state index contributed by atoms with van der Waals surface area (Å²) in [5.74, 6) is 0.144. The minimum absolute atomic E-state index is 0.171. The van der Waals surface area contributed by atoms with Gasteiger partial charge in [0.1, 0.15) is 5.56 Å². The van der Waals surface area contributed by atoms with E-state index in [0.29, 0.717) is 22.4 Å². The van der Waals surface area contributed by atoms with Crippen molar-refractivity contribution in [2.75, 3.05) is 12.4 Å². The molecule has 0 radical (unpaired) electrons. The summed E-state index contributed by atoms with van der Waals surface area (Å²) < 4.78 is 10.7. The van der Waals surface area contributed by atoms with Gasteiger partial charge in [-0.3, -0.25) is 10.2 Å². The molecule has 2 N–H and O–H groups in total. The molecule has 0 bridgehead atoms. The second-order valence-electron chi connectivity index (χ2n) is 4.69. The fourth-order valence-electron chi connectivity index (χ4n) is 2.18. The van der Waals surface area contributed by atoms with Crippen molar-refractivity contribution in [2.24, 2.45) is 0 Å². The Balaban J connectivity index is 2.02. The molecule has 22 heavy (non-hydrogen) atoms. The van der Waals surface area contributed by atoms with E-state index >= 15 is 0 Å². The lowest BCUT2D eigenvalue weighted by molar-refractivity contribution is 0.102. The van der Waals surface area contributed by atoms with Crippen molar-refractivity contribution in [1.29, 1.82) is 5.41 Å². The molecular formula is C17H14N2O3. The van der Waals surface area contributed by atoms with Gasteiger partial charge in [0, 0.05) is 11.1 Å². The lowest BCUT2D eigenvalue weighted by atomic mass is 10.1. The van der Waals surface area contributed by atoms with Crippen LogP contribution in [0.15, 0.2) is 59.0 Å². The summed E-state index contributed by atoms with van der Waals surface area (Å²) >= 11 is 0. The number of para-hydroxylation sites is 2. The molecule has 0 aliphatic heterocycles. The van der Waals surface area contributed by atoms with Crippen LogP contribution in [0.1, 0.15) is 10.4 Å². The molecule has 2 aromatic carbocycles. The van der Waals surface area contributed by atoms with Crippen molar-refractivity contribution in [2.45, 2.75) is 0 Å². The minimum Gasteiger partial charge on any atom is -0.493 e. The third kappa shape index (κ3) is 2.56. The molecule has 0 fully saturated rings. The number of nitrogens with one attached hydrogen (secondary N) is 2.